The number of piperidine rings is 1. The smallest absolute Gasteiger partial charge is 0.223 e. The van der Waals surface area contributed by atoms with E-state index in [1.807, 2.05) is 35.0 Å². The van der Waals surface area contributed by atoms with Gasteiger partial charge in [-0.1, -0.05) is 25.2 Å². The summed E-state index contributed by atoms with van der Waals surface area (Å²) in [7, 11) is 1.66. The van der Waals surface area contributed by atoms with E-state index < -0.39 is 0 Å². The standard InChI is InChI=1S/C24H34N6O2S/c1-4-28(5-2)14-6-13-25-22(31)19-11-15-29(16-12-19)24-27-30-17-21(26-23(30)33-24)18-7-9-20(32-3)10-8-18/h7-10,17,19H,4-6,11-16H2,1-3H3,(H,25,31). The van der Waals surface area contributed by atoms with Crippen molar-refractivity contribution >= 4 is 27.3 Å². The number of amides is 1. The minimum absolute atomic E-state index is 0.0976. The van der Waals surface area contributed by atoms with E-state index in [2.05, 4.69) is 29.0 Å². The number of carbonyl (C=O) groups excluding carboxylic acids is 1. The molecule has 0 saturated carbocycles. The minimum Gasteiger partial charge on any atom is -0.497 e. The molecule has 1 fully saturated rings. The zero-order valence-corrected chi connectivity index (χ0v) is 20.6. The number of hydrogen-bond acceptors (Lipinski definition) is 7. The van der Waals surface area contributed by atoms with E-state index in [0.29, 0.717) is 0 Å². The second kappa shape index (κ2) is 11.0. The van der Waals surface area contributed by atoms with Gasteiger partial charge in [0.15, 0.2) is 0 Å². The van der Waals surface area contributed by atoms with Crippen LogP contribution in [0.15, 0.2) is 30.5 Å². The molecule has 8 nitrogen and oxygen atoms in total. The van der Waals surface area contributed by atoms with Gasteiger partial charge in [0.05, 0.1) is 19.0 Å². The summed E-state index contributed by atoms with van der Waals surface area (Å²) in [5.41, 5.74) is 1.94. The number of fused-ring (bicyclic) bond motifs is 1. The lowest BCUT2D eigenvalue weighted by molar-refractivity contribution is -0.125. The van der Waals surface area contributed by atoms with Crippen molar-refractivity contribution in [2.75, 3.05) is 51.3 Å². The maximum absolute atomic E-state index is 12.6. The molecule has 0 bridgehead atoms. The molecular weight excluding hydrogens is 436 g/mol. The number of ether oxygens (including phenoxy) is 1. The summed E-state index contributed by atoms with van der Waals surface area (Å²) in [6, 6.07) is 7.89. The zero-order valence-electron chi connectivity index (χ0n) is 19.8. The second-order valence-corrected chi connectivity index (χ2v) is 9.33. The molecule has 1 saturated heterocycles. The van der Waals surface area contributed by atoms with Crippen molar-refractivity contribution in [3.05, 3.63) is 30.5 Å². The topological polar surface area (TPSA) is 75.0 Å². The summed E-state index contributed by atoms with van der Waals surface area (Å²) < 4.78 is 7.08. The van der Waals surface area contributed by atoms with Crippen LogP contribution in [0.1, 0.15) is 33.1 Å². The van der Waals surface area contributed by atoms with Crippen molar-refractivity contribution < 1.29 is 9.53 Å². The summed E-state index contributed by atoms with van der Waals surface area (Å²) in [5, 5.41) is 8.86. The quantitative estimate of drug-likeness (QED) is 0.457. The van der Waals surface area contributed by atoms with Crippen LogP contribution in [0, 0.1) is 5.92 Å². The Hall–Kier alpha value is -2.65. The molecule has 33 heavy (non-hydrogen) atoms. The van der Waals surface area contributed by atoms with E-state index in [0.717, 1.165) is 85.6 Å². The van der Waals surface area contributed by atoms with E-state index in [4.69, 9.17) is 14.8 Å². The molecule has 9 heteroatoms. The number of carbonyl (C=O) groups is 1. The number of aromatic nitrogens is 3. The predicted octanol–water partition coefficient (Wildman–Crippen LogP) is 3.53. The number of nitrogens with one attached hydrogen (secondary N) is 1. The van der Waals surface area contributed by atoms with Crippen molar-refractivity contribution in [2.45, 2.75) is 33.1 Å². The zero-order chi connectivity index (χ0) is 23.2. The van der Waals surface area contributed by atoms with Crippen LogP contribution >= 0.6 is 11.3 Å². The number of anilines is 1. The van der Waals surface area contributed by atoms with Gasteiger partial charge in [-0.15, -0.1) is 5.10 Å². The van der Waals surface area contributed by atoms with Gasteiger partial charge in [0, 0.05) is 31.1 Å². The Morgan fingerprint density at radius 1 is 1.21 bits per heavy atom. The normalized spacial score (nSPS) is 14.8. The molecule has 1 aliphatic heterocycles. The summed E-state index contributed by atoms with van der Waals surface area (Å²) in [6.07, 6.45) is 4.70. The third-order valence-electron chi connectivity index (χ3n) is 6.40. The molecule has 1 N–H and O–H groups in total. The first-order valence-electron chi connectivity index (χ1n) is 11.9. The van der Waals surface area contributed by atoms with Crippen LogP contribution in [0.4, 0.5) is 5.13 Å². The largest absolute Gasteiger partial charge is 0.497 e. The monoisotopic (exact) mass is 470 g/mol. The Morgan fingerprint density at radius 3 is 2.58 bits per heavy atom. The van der Waals surface area contributed by atoms with Gasteiger partial charge >= 0.3 is 0 Å². The Balaban J connectivity index is 1.27. The first-order chi connectivity index (χ1) is 16.1. The summed E-state index contributed by atoms with van der Waals surface area (Å²) >= 11 is 1.60. The fourth-order valence-electron chi connectivity index (χ4n) is 4.25. The number of hydrogen-bond donors (Lipinski definition) is 1. The van der Waals surface area contributed by atoms with Gasteiger partial charge in [-0.05, 0) is 63.2 Å². The van der Waals surface area contributed by atoms with Crippen molar-refractivity contribution in [3.8, 4) is 17.0 Å². The molecule has 4 rings (SSSR count). The van der Waals surface area contributed by atoms with Crippen molar-refractivity contribution in [1.82, 2.24) is 24.8 Å². The van der Waals surface area contributed by atoms with Crippen LogP contribution in [0.3, 0.4) is 0 Å². The van der Waals surface area contributed by atoms with Crippen LogP contribution < -0.4 is 15.0 Å². The van der Waals surface area contributed by atoms with Gasteiger partial charge in [0.25, 0.3) is 0 Å². The van der Waals surface area contributed by atoms with Crippen LogP contribution in [0.5, 0.6) is 5.75 Å². The predicted molar refractivity (Wildman–Crippen MR) is 133 cm³/mol. The molecule has 0 unspecified atom stereocenters. The molecule has 2 aromatic heterocycles. The molecule has 0 atom stereocenters. The van der Waals surface area contributed by atoms with Crippen molar-refractivity contribution in [3.63, 3.8) is 0 Å². The Bertz CT molecular complexity index is 1000. The number of rotatable bonds is 10. The average Bonchev–Trinajstić information content (AvgIpc) is 3.44. The fraction of sp³-hybridized carbons (Fsp3) is 0.542. The lowest BCUT2D eigenvalue weighted by Crippen LogP contribution is -2.41. The van der Waals surface area contributed by atoms with Gasteiger partial charge in [0.1, 0.15) is 5.75 Å². The van der Waals surface area contributed by atoms with Crippen LogP contribution in [0.25, 0.3) is 16.2 Å². The highest BCUT2D eigenvalue weighted by atomic mass is 32.1. The van der Waals surface area contributed by atoms with Crippen LogP contribution in [-0.2, 0) is 4.79 Å². The van der Waals surface area contributed by atoms with Gasteiger partial charge in [0.2, 0.25) is 16.0 Å². The maximum Gasteiger partial charge on any atom is 0.223 e. The molecule has 1 amide bonds. The molecule has 178 valence electrons. The molecule has 3 heterocycles. The highest BCUT2D eigenvalue weighted by Gasteiger charge is 2.26. The summed E-state index contributed by atoms with van der Waals surface area (Å²) in [4.78, 5) is 22.8. The molecular formula is C24H34N6O2S. The first kappa shape index (κ1) is 23.5. The number of nitrogens with zero attached hydrogens (tertiary/aromatic N) is 5. The lowest BCUT2D eigenvalue weighted by Gasteiger charge is -2.30. The van der Waals surface area contributed by atoms with Crippen molar-refractivity contribution in [1.29, 1.82) is 0 Å². The molecule has 1 aliphatic rings. The minimum atomic E-state index is 0.0976. The SMILES string of the molecule is CCN(CC)CCCNC(=O)C1CCN(c2nn3cc(-c4ccc(OC)cc4)nc3s2)CC1. The highest BCUT2D eigenvalue weighted by molar-refractivity contribution is 7.20. The number of methoxy groups -OCH3 is 1. The van der Waals surface area contributed by atoms with Crippen LogP contribution in [0.2, 0.25) is 0 Å². The van der Waals surface area contributed by atoms with Crippen molar-refractivity contribution in [2.24, 2.45) is 5.92 Å². The maximum atomic E-state index is 12.6. The molecule has 0 aliphatic carbocycles. The first-order valence-corrected chi connectivity index (χ1v) is 12.7. The number of benzene rings is 1. The summed E-state index contributed by atoms with van der Waals surface area (Å²) in [6.45, 7) is 9.97. The Morgan fingerprint density at radius 2 is 1.94 bits per heavy atom. The van der Waals surface area contributed by atoms with E-state index in [-0.39, 0.29) is 11.8 Å². The third kappa shape index (κ3) is 5.65. The molecule has 0 radical (unpaired) electrons. The van der Waals surface area contributed by atoms with E-state index in [1.54, 1.807) is 18.4 Å². The Kier molecular flexibility index (Phi) is 7.82. The third-order valence-corrected chi connectivity index (χ3v) is 7.38. The lowest BCUT2D eigenvalue weighted by atomic mass is 9.96. The average molecular weight is 471 g/mol. The van der Waals surface area contributed by atoms with Crippen LogP contribution in [-0.4, -0.2) is 71.8 Å². The van der Waals surface area contributed by atoms with Gasteiger partial charge in [-0.2, -0.15) is 0 Å². The van der Waals surface area contributed by atoms with Gasteiger partial charge < -0.3 is 19.9 Å². The molecule has 0 spiro atoms. The van der Waals surface area contributed by atoms with Gasteiger partial charge in [-0.3, -0.25) is 4.79 Å². The molecule has 3 aromatic rings. The van der Waals surface area contributed by atoms with E-state index in [1.165, 1.54) is 0 Å². The fourth-order valence-corrected chi connectivity index (χ4v) is 5.18. The Labute approximate surface area is 199 Å². The highest BCUT2D eigenvalue weighted by Crippen LogP contribution is 2.30. The number of imidazole rings is 1. The molecule has 1 aromatic carbocycles. The summed E-state index contributed by atoms with van der Waals surface area (Å²) in [5.74, 6) is 1.13. The van der Waals surface area contributed by atoms with E-state index >= 15 is 0 Å². The van der Waals surface area contributed by atoms with E-state index in [9.17, 15) is 4.79 Å². The van der Waals surface area contributed by atoms with Gasteiger partial charge in [-0.25, -0.2) is 9.50 Å². The second-order valence-electron chi connectivity index (χ2n) is 8.40.